The van der Waals surface area contributed by atoms with Crippen LogP contribution in [0.15, 0.2) is 24.3 Å². The van der Waals surface area contributed by atoms with E-state index in [0.717, 1.165) is 24.5 Å². The summed E-state index contributed by atoms with van der Waals surface area (Å²) >= 11 is 0. The third-order valence-electron chi connectivity index (χ3n) is 5.46. The van der Waals surface area contributed by atoms with Gasteiger partial charge in [0.1, 0.15) is 12.4 Å². The summed E-state index contributed by atoms with van der Waals surface area (Å²) < 4.78 is 5.43. The van der Waals surface area contributed by atoms with E-state index < -0.39 is 0 Å². The van der Waals surface area contributed by atoms with Crippen LogP contribution in [-0.2, 0) is 9.59 Å². The first-order valence-electron chi connectivity index (χ1n) is 9.60. The Bertz CT molecular complexity index is 624. The molecule has 6 heteroatoms. The van der Waals surface area contributed by atoms with Crippen LogP contribution in [0.25, 0.3) is 0 Å². The second-order valence-electron chi connectivity index (χ2n) is 7.51. The lowest BCUT2D eigenvalue weighted by Crippen LogP contribution is -2.39. The fourth-order valence-corrected chi connectivity index (χ4v) is 3.87. The molecule has 1 aromatic carbocycles. The van der Waals surface area contributed by atoms with E-state index in [2.05, 4.69) is 12.2 Å². The van der Waals surface area contributed by atoms with Crippen LogP contribution < -0.4 is 15.8 Å². The maximum Gasteiger partial charge on any atom is 0.229 e. The van der Waals surface area contributed by atoms with Gasteiger partial charge in [0.05, 0.1) is 5.92 Å². The molecule has 1 saturated heterocycles. The molecule has 2 amide bonds. The smallest absolute Gasteiger partial charge is 0.229 e. The number of carbonyl (C=O) groups excluding carboxylic acids is 2. The third-order valence-corrected chi connectivity index (χ3v) is 5.46. The van der Waals surface area contributed by atoms with Gasteiger partial charge in [-0.3, -0.25) is 9.59 Å². The van der Waals surface area contributed by atoms with Gasteiger partial charge in [0.15, 0.2) is 0 Å². The van der Waals surface area contributed by atoms with Crippen molar-refractivity contribution in [2.75, 3.05) is 25.0 Å². The monoisotopic (exact) mass is 359 g/mol. The molecule has 1 aliphatic carbocycles. The average Bonchev–Trinajstić information content (AvgIpc) is 3.04. The Balaban J connectivity index is 1.53. The van der Waals surface area contributed by atoms with Crippen molar-refractivity contribution in [1.29, 1.82) is 0 Å². The fraction of sp³-hybridized carbons (Fsp3) is 0.600. The number of nitrogens with two attached hydrogens (primary N) is 1. The molecule has 1 aliphatic heterocycles. The molecule has 26 heavy (non-hydrogen) atoms. The lowest BCUT2D eigenvalue weighted by atomic mass is 9.87. The van der Waals surface area contributed by atoms with Gasteiger partial charge in [0.25, 0.3) is 0 Å². The number of rotatable bonds is 6. The molecular weight excluding hydrogens is 330 g/mol. The first-order valence-corrected chi connectivity index (χ1v) is 9.60. The predicted octanol–water partition coefficient (Wildman–Crippen LogP) is 2.39. The van der Waals surface area contributed by atoms with Crippen LogP contribution in [0.5, 0.6) is 5.75 Å². The van der Waals surface area contributed by atoms with E-state index in [0.29, 0.717) is 37.8 Å². The topological polar surface area (TPSA) is 84.7 Å². The SMILES string of the molecule is CC1CCC(N2CC(C(=O)Nc3ccc(OCCN)cc3)CC2=O)CC1. The molecule has 1 atom stereocenters. The molecular formula is C20H29N3O3. The highest BCUT2D eigenvalue weighted by molar-refractivity contribution is 5.97. The number of anilines is 1. The maximum atomic E-state index is 12.6. The van der Waals surface area contributed by atoms with Crippen LogP contribution in [0.3, 0.4) is 0 Å². The summed E-state index contributed by atoms with van der Waals surface area (Å²) in [6.45, 7) is 3.74. The summed E-state index contributed by atoms with van der Waals surface area (Å²) in [7, 11) is 0. The molecule has 1 saturated carbocycles. The molecule has 2 aliphatic rings. The van der Waals surface area contributed by atoms with E-state index in [-0.39, 0.29) is 17.7 Å². The second-order valence-corrected chi connectivity index (χ2v) is 7.51. The molecule has 0 radical (unpaired) electrons. The minimum atomic E-state index is -0.269. The summed E-state index contributed by atoms with van der Waals surface area (Å²) in [5, 5.41) is 2.92. The van der Waals surface area contributed by atoms with Crippen molar-refractivity contribution in [2.45, 2.75) is 45.1 Å². The zero-order valence-electron chi connectivity index (χ0n) is 15.4. The summed E-state index contributed by atoms with van der Waals surface area (Å²) in [4.78, 5) is 26.9. The maximum absolute atomic E-state index is 12.6. The van der Waals surface area contributed by atoms with E-state index in [9.17, 15) is 9.59 Å². The summed E-state index contributed by atoms with van der Waals surface area (Å²) in [5.74, 6) is 1.24. The van der Waals surface area contributed by atoms with Crippen LogP contribution >= 0.6 is 0 Å². The lowest BCUT2D eigenvalue weighted by molar-refractivity contribution is -0.130. The van der Waals surface area contributed by atoms with Gasteiger partial charge in [-0.25, -0.2) is 0 Å². The van der Waals surface area contributed by atoms with Crippen LogP contribution in [-0.4, -0.2) is 42.5 Å². The third kappa shape index (κ3) is 4.55. The molecule has 3 rings (SSSR count). The number of benzene rings is 1. The van der Waals surface area contributed by atoms with Crippen LogP contribution in [0.4, 0.5) is 5.69 Å². The highest BCUT2D eigenvalue weighted by Crippen LogP contribution is 2.31. The predicted molar refractivity (Wildman–Crippen MR) is 101 cm³/mol. The molecule has 1 unspecified atom stereocenters. The van der Waals surface area contributed by atoms with Gasteiger partial charge in [-0.1, -0.05) is 6.92 Å². The normalized spacial score (nSPS) is 26.0. The van der Waals surface area contributed by atoms with Gasteiger partial charge in [-0.05, 0) is 55.9 Å². The fourth-order valence-electron chi connectivity index (χ4n) is 3.87. The number of hydrogen-bond donors (Lipinski definition) is 2. The first kappa shape index (κ1) is 18.7. The van der Waals surface area contributed by atoms with Crippen molar-refractivity contribution >= 4 is 17.5 Å². The minimum Gasteiger partial charge on any atom is -0.492 e. The first-order chi connectivity index (χ1) is 12.6. The standard InChI is InChI=1S/C20H29N3O3/c1-14-2-6-17(7-3-14)23-13-15(12-19(23)24)20(25)22-16-4-8-18(9-5-16)26-11-10-21/h4-5,8-9,14-15,17H,2-3,6-7,10-13,21H2,1H3,(H,22,25). The van der Waals surface area contributed by atoms with E-state index in [4.69, 9.17) is 10.5 Å². The largest absolute Gasteiger partial charge is 0.492 e. The van der Waals surface area contributed by atoms with Crippen molar-refractivity contribution < 1.29 is 14.3 Å². The van der Waals surface area contributed by atoms with Crippen molar-refractivity contribution in [2.24, 2.45) is 17.6 Å². The Morgan fingerprint density at radius 3 is 2.58 bits per heavy atom. The average molecular weight is 359 g/mol. The van der Waals surface area contributed by atoms with Gasteiger partial charge in [-0.2, -0.15) is 0 Å². The Labute approximate surface area is 155 Å². The highest BCUT2D eigenvalue weighted by atomic mass is 16.5. The number of nitrogens with one attached hydrogen (secondary N) is 1. The molecule has 0 bridgehead atoms. The number of amides is 2. The van der Waals surface area contributed by atoms with E-state index in [1.54, 1.807) is 24.3 Å². The van der Waals surface area contributed by atoms with Crippen LogP contribution in [0.2, 0.25) is 0 Å². The van der Waals surface area contributed by atoms with E-state index >= 15 is 0 Å². The minimum absolute atomic E-state index is 0.0827. The quantitative estimate of drug-likeness (QED) is 0.817. The number of ether oxygens (including phenoxy) is 1. The van der Waals surface area contributed by atoms with E-state index in [1.807, 2.05) is 4.90 Å². The van der Waals surface area contributed by atoms with Gasteiger partial charge < -0.3 is 20.7 Å². The molecule has 0 aromatic heterocycles. The summed E-state index contributed by atoms with van der Waals surface area (Å²) in [6.07, 6.45) is 4.78. The number of nitrogens with zero attached hydrogens (tertiary/aromatic N) is 1. The highest BCUT2D eigenvalue weighted by Gasteiger charge is 2.38. The van der Waals surface area contributed by atoms with Crippen molar-refractivity contribution in [3.63, 3.8) is 0 Å². The molecule has 3 N–H and O–H groups in total. The molecule has 2 fully saturated rings. The van der Waals surface area contributed by atoms with Gasteiger partial charge in [0, 0.05) is 31.2 Å². The van der Waals surface area contributed by atoms with Crippen molar-refractivity contribution in [3.05, 3.63) is 24.3 Å². The van der Waals surface area contributed by atoms with Crippen molar-refractivity contribution in [1.82, 2.24) is 4.90 Å². The summed E-state index contributed by atoms with van der Waals surface area (Å²) in [6, 6.07) is 7.54. The zero-order valence-corrected chi connectivity index (χ0v) is 15.4. The van der Waals surface area contributed by atoms with Crippen LogP contribution in [0, 0.1) is 11.8 Å². The van der Waals surface area contributed by atoms with Gasteiger partial charge in [0.2, 0.25) is 11.8 Å². The lowest BCUT2D eigenvalue weighted by Gasteiger charge is -2.33. The molecule has 1 aromatic rings. The molecule has 0 spiro atoms. The number of hydrogen-bond acceptors (Lipinski definition) is 4. The molecule has 142 valence electrons. The molecule has 1 heterocycles. The molecule has 6 nitrogen and oxygen atoms in total. The Morgan fingerprint density at radius 1 is 1.23 bits per heavy atom. The van der Waals surface area contributed by atoms with Crippen LogP contribution in [0.1, 0.15) is 39.0 Å². The Hall–Kier alpha value is -2.08. The number of carbonyl (C=O) groups is 2. The number of likely N-dealkylation sites (tertiary alicyclic amines) is 1. The summed E-state index contributed by atoms with van der Waals surface area (Å²) in [5.41, 5.74) is 6.13. The Morgan fingerprint density at radius 2 is 1.92 bits per heavy atom. The van der Waals surface area contributed by atoms with E-state index in [1.165, 1.54) is 12.8 Å². The zero-order chi connectivity index (χ0) is 18.5. The van der Waals surface area contributed by atoms with Gasteiger partial charge in [-0.15, -0.1) is 0 Å². The van der Waals surface area contributed by atoms with Gasteiger partial charge >= 0.3 is 0 Å². The van der Waals surface area contributed by atoms with Crippen molar-refractivity contribution in [3.8, 4) is 5.75 Å². The second kappa shape index (κ2) is 8.54. The Kier molecular flexibility index (Phi) is 6.14.